The third-order valence-electron chi connectivity index (χ3n) is 4.20. The Morgan fingerprint density at radius 1 is 1.14 bits per heavy atom. The van der Waals surface area contributed by atoms with E-state index in [0.29, 0.717) is 24.6 Å². The van der Waals surface area contributed by atoms with E-state index in [2.05, 4.69) is 36.7 Å². The summed E-state index contributed by atoms with van der Waals surface area (Å²) in [4.78, 5) is 7.69. The lowest BCUT2D eigenvalue weighted by Crippen LogP contribution is -2.41. The molecule has 1 heterocycles. The molecule has 1 aromatic carbocycles. The second kappa shape index (κ2) is 11.2. The molecule has 0 aliphatic heterocycles. The van der Waals surface area contributed by atoms with Crippen LogP contribution < -0.4 is 10.6 Å². The number of aliphatic imine (C=N–C) groups is 1. The fourth-order valence-corrected chi connectivity index (χ4v) is 3.58. The zero-order valence-corrected chi connectivity index (χ0v) is 17.6. The van der Waals surface area contributed by atoms with Crippen molar-refractivity contribution < 1.29 is 17.9 Å². The van der Waals surface area contributed by atoms with E-state index < -0.39 is 12.8 Å². The van der Waals surface area contributed by atoms with Crippen molar-refractivity contribution in [2.75, 3.05) is 34.3 Å². The predicted octanol–water partition coefficient (Wildman–Crippen LogP) is 3.79. The summed E-state index contributed by atoms with van der Waals surface area (Å²) in [5.41, 5.74) is 1.69. The quantitative estimate of drug-likeness (QED) is 0.471. The average molecular weight is 429 g/mol. The first kappa shape index (κ1) is 23.2. The van der Waals surface area contributed by atoms with Crippen LogP contribution in [0.1, 0.15) is 22.0 Å². The van der Waals surface area contributed by atoms with Gasteiger partial charge in [-0.3, -0.25) is 4.99 Å². The van der Waals surface area contributed by atoms with E-state index in [4.69, 9.17) is 0 Å². The molecule has 0 radical (unpaired) electrons. The summed E-state index contributed by atoms with van der Waals surface area (Å²) >= 11 is 1.72. The summed E-state index contributed by atoms with van der Waals surface area (Å²) in [6, 6.07) is 11.7. The highest BCUT2D eigenvalue weighted by atomic mass is 32.1. The molecule has 0 saturated carbocycles. The standard InChI is InChI=1S/C20H27F3N4OS/c1-24-19(26-12-17(27(2)3)18-5-4-10-29-18)25-11-15-6-8-16(9-7-15)13-28-14-20(21,22)23/h4-10,17H,11-14H2,1-3H3,(H2,24,25,26). The van der Waals surface area contributed by atoms with Crippen LogP contribution in [-0.4, -0.2) is 51.3 Å². The fourth-order valence-electron chi connectivity index (χ4n) is 2.66. The van der Waals surface area contributed by atoms with Crippen LogP contribution in [0.25, 0.3) is 0 Å². The number of nitrogens with zero attached hydrogens (tertiary/aromatic N) is 2. The van der Waals surface area contributed by atoms with Crippen LogP contribution >= 0.6 is 11.3 Å². The minimum Gasteiger partial charge on any atom is -0.367 e. The number of halogens is 3. The van der Waals surface area contributed by atoms with Crippen molar-refractivity contribution in [3.05, 3.63) is 57.8 Å². The highest BCUT2D eigenvalue weighted by Gasteiger charge is 2.27. The van der Waals surface area contributed by atoms with E-state index in [1.54, 1.807) is 30.5 Å². The number of guanidine groups is 1. The van der Waals surface area contributed by atoms with Crippen molar-refractivity contribution >= 4 is 17.3 Å². The summed E-state index contributed by atoms with van der Waals surface area (Å²) in [6.07, 6.45) is -4.30. The summed E-state index contributed by atoms with van der Waals surface area (Å²) in [6.45, 7) is -0.0412. The minimum absolute atomic E-state index is 0.0644. The average Bonchev–Trinajstić information content (AvgIpc) is 3.18. The minimum atomic E-state index is -4.30. The predicted molar refractivity (Wildman–Crippen MR) is 111 cm³/mol. The Morgan fingerprint density at radius 2 is 1.83 bits per heavy atom. The summed E-state index contributed by atoms with van der Waals surface area (Å²) in [5.74, 6) is 0.686. The maximum absolute atomic E-state index is 12.1. The highest BCUT2D eigenvalue weighted by molar-refractivity contribution is 7.10. The molecule has 0 aliphatic rings. The number of alkyl halides is 3. The van der Waals surface area contributed by atoms with E-state index >= 15 is 0 Å². The summed E-state index contributed by atoms with van der Waals surface area (Å²) in [5, 5.41) is 8.66. The first-order chi connectivity index (χ1) is 13.8. The molecule has 0 bridgehead atoms. The van der Waals surface area contributed by atoms with Gasteiger partial charge in [0.1, 0.15) is 6.61 Å². The molecule has 0 spiro atoms. The fraction of sp³-hybridized carbons (Fsp3) is 0.450. The number of hydrogen-bond donors (Lipinski definition) is 2. The van der Waals surface area contributed by atoms with Crippen molar-refractivity contribution in [1.29, 1.82) is 0 Å². The van der Waals surface area contributed by atoms with Crippen LogP contribution in [0.5, 0.6) is 0 Å². The van der Waals surface area contributed by atoms with Crippen LogP contribution in [0, 0.1) is 0 Å². The van der Waals surface area contributed by atoms with Crippen LogP contribution in [0.2, 0.25) is 0 Å². The van der Waals surface area contributed by atoms with Crippen molar-refractivity contribution in [3.63, 3.8) is 0 Å². The number of nitrogens with one attached hydrogen (secondary N) is 2. The van der Waals surface area contributed by atoms with Gasteiger partial charge >= 0.3 is 6.18 Å². The van der Waals surface area contributed by atoms with Crippen molar-refractivity contribution in [3.8, 4) is 0 Å². The molecule has 2 rings (SSSR count). The molecule has 9 heteroatoms. The number of rotatable bonds is 9. The molecule has 2 N–H and O–H groups in total. The van der Waals surface area contributed by atoms with Gasteiger partial charge in [-0.1, -0.05) is 30.3 Å². The number of hydrogen-bond acceptors (Lipinski definition) is 4. The van der Waals surface area contributed by atoms with Gasteiger partial charge in [0.2, 0.25) is 0 Å². The summed E-state index contributed by atoms with van der Waals surface area (Å²) < 4.78 is 41.0. The SMILES string of the molecule is CN=C(NCc1ccc(COCC(F)(F)F)cc1)NCC(c1cccs1)N(C)C. The number of likely N-dealkylation sites (N-methyl/N-ethyl adjacent to an activating group) is 1. The van der Waals surface area contributed by atoms with E-state index in [9.17, 15) is 13.2 Å². The lowest BCUT2D eigenvalue weighted by molar-refractivity contribution is -0.176. The zero-order valence-electron chi connectivity index (χ0n) is 16.8. The second-order valence-corrected chi connectivity index (χ2v) is 7.71. The first-order valence-electron chi connectivity index (χ1n) is 9.15. The maximum atomic E-state index is 12.1. The molecule has 0 saturated heterocycles. The molecular weight excluding hydrogens is 401 g/mol. The van der Waals surface area contributed by atoms with Crippen LogP contribution in [-0.2, 0) is 17.9 Å². The van der Waals surface area contributed by atoms with Crippen LogP contribution in [0.4, 0.5) is 13.2 Å². The lowest BCUT2D eigenvalue weighted by Gasteiger charge is -2.24. The molecular formula is C20H27F3N4OS. The molecule has 0 aliphatic carbocycles. The molecule has 2 aromatic rings. The molecule has 160 valence electrons. The first-order valence-corrected chi connectivity index (χ1v) is 10.0. The smallest absolute Gasteiger partial charge is 0.367 e. The maximum Gasteiger partial charge on any atom is 0.411 e. The molecule has 5 nitrogen and oxygen atoms in total. The van der Waals surface area contributed by atoms with Gasteiger partial charge in [-0.2, -0.15) is 13.2 Å². The monoisotopic (exact) mass is 428 g/mol. The third kappa shape index (κ3) is 8.43. The van der Waals surface area contributed by atoms with E-state index in [-0.39, 0.29) is 12.6 Å². The topological polar surface area (TPSA) is 48.9 Å². The molecule has 1 atom stereocenters. The van der Waals surface area contributed by atoms with E-state index in [0.717, 1.165) is 5.56 Å². The summed E-state index contributed by atoms with van der Waals surface area (Å²) in [7, 11) is 5.80. The van der Waals surface area contributed by atoms with Crippen molar-refractivity contribution in [2.24, 2.45) is 4.99 Å². The van der Waals surface area contributed by atoms with Gasteiger partial charge in [0, 0.05) is 25.0 Å². The van der Waals surface area contributed by atoms with Crippen molar-refractivity contribution in [2.45, 2.75) is 25.4 Å². The van der Waals surface area contributed by atoms with Gasteiger partial charge in [-0.05, 0) is 36.7 Å². The molecule has 1 unspecified atom stereocenters. The largest absolute Gasteiger partial charge is 0.411 e. The number of thiophene rings is 1. The molecule has 1 aromatic heterocycles. The van der Waals surface area contributed by atoms with E-state index in [1.165, 1.54) is 4.88 Å². The van der Waals surface area contributed by atoms with Crippen LogP contribution in [0.3, 0.4) is 0 Å². The van der Waals surface area contributed by atoms with Gasteiger partial charge in [-0.25, -0.2) is 0 Å². The second-order valence-electron chi connectivity index (χ2n) is 6.73. The Labute approximate surface area is 173 Å². The van der Waals surface area contributed by atoms with E-state index in [1.807, 2.05) is 32.3 Å². The van der Waals surface area contributed by atoms with Crippen LogP contribution in [0.15, 0.2) is 46.8 Å². The van der Waals surface area contributed by atoms with Crippen molar-refractivity contribution in [1.82, 2.24) is 15.5 Å². The third-order valence-corrected chi connectivity index (χ3v) is 5.17. The van der Waals surface area contributed by atoms with Gasteiger partial charge in [0.15, 0.2) is 5.96 Å². The zero-order chi connectivity index (χ0) is 21.3. The highest BCUT2D eigenvalue weighted by Crippen LogP contribution is 2.22. The normalized spacial score (nSPS) is 13.6. The number of benzene rings is 1. The Morgan fingerprint density at radius 3 is 2.38 bits per heavy atom. The van der Waals surface area contributed by atoms with Gasteiger partial charge in [-0.15, -0.1) is 11.3 Å². The molecule has 29 heavy (non-hydrogen) atoms. The lowest BCUT2D eigenvalue weighted by atomic mass is 10.1. The molecule has 0 amide bonds. The number of ether oxygens (including phenoxy) is 1. The Kier molecular flexibility index (Phi) is 8.94. The Bertz CT molecular complexity index is 746. The van der Waals surface area contributed by atoms with Gasteiger partial charge < -0.3 is 20.3 Å². The Balaban J connectivity index is 1.80. The van der Waals surface area contributed by atoms with Gasteiger partial charge in [0.25, 0.3) is 0 Å². The van der Waals surface area contributed by atoms with Gasteiger partial charge in [0.05, 0.1) is 12.6 Å². The molecule has 0 fully saturated rings. The Hall–Kier alpha value is -2.10.